The summed E-state index contributed by atoms with van der Waals surface area (Å²) >= 11 is 0. The van der Waals surface area contributed by atoms with Crippen LogP contribution < -0.4 is 10.1 Å². The summed E-state index contributed by atoms with van der Waals surface area (Å²) in [7, 11) is 0. The number of fused-ring (bicyclic) bond motifs is 2. The Morgan fingerprint density at radius 1 is 1.21 bits per heavy atom. The lowest BCUT2D eigenvalue weighted by atomic mass is 9.78. The minimum absolute atomic E-state index is 0.0329. The molecule has 1 aliphatic heterocycles. The molecule has 0 bridgehead atoms. The van der Waals surface area contributed by atoms with Crippen LogP contribution in [0.1, 0.15) is 59.7 Å². The number of alkyl halides is 3. The van der Waals surface area contributed by atoms with E-state index in [1.807, 2.05) is 18.2 Å². The van der Waals surface area contributed by atoms with Crippen LogP contribution in [0.15, 0.2) is 48.0 Å². The van der Waals surface area contributed by atoms with Crippen molar-refractivity contribution in [2.45, 2.75) is 50.7 Å². The number of nitrogens with one attached hydrogen (secondary N) is 1. The molecule has 1 heterocycles. The van der Waals surface area contributed by atoms with Crippen molar-refractivity contribution in [2.75, 3.05) is 6.61 Å². The van der Waals surface area contributed by atoms with Crippen LogP contribution in [0, 0.1) is 11.3 Å². The van der Waals surface area contributed by atoms with Crippen LogP contribution in [0.25, 0.3) is 5.57 Å². The highest BCUT2D eigenvalue weighted by molar-refractivity contribution is 6.07. The largest absolute Gasteiger partial charge is 0.494 e. The molecule has 176 valence electrons. The summed E-state index contributed by atoms with van der Waals surface area (Å²) in [5.41, 5.74) is 3.14. The van der Waals surface area contributed by atoms with Gasteiger partial charge in [-0.05, 0) is 60.6 Å². The molecule has 0 saturated heterocycles. The Morgan fingerprint density at radius 2 is 1.94 bits per heavy atom. The summed E-state index contributed by atoms with van der Waals surface area (Å²) in [6.07, 6.45) is -3.51. The third-order valence-corrected chi connectivity index (χ3v) is 6.40. The van der Waals surface area contributed by atoms with Gasteiger partial charge in [0.15, 0.2) is 5.78 Å². The number of aryl methyl sites for hydroxylation is 1. The average molecular weight is 468 g/mol. The van der Waals surface area contributed by atoms with Crippen molar-refractivity contribution in [3.63, 3.8) is 0 Å². The molecule has 8 heteroatoms. The third-order valence-electron chi connectivity index (χ3n) is 6.40. The molecule has 4 rings (SSSR count). The molecule has 1 aliphatic carbocycles. The number of nitriles is 1. The van der Waals surface area contributed by atoms with Crippen molar-refractivity contribution >= 4 is 17.3 Å². The number of carbonyl (C=O) groups excluding carboxylic acids is 2. The highest BCUT2D eigenvalue weighted by atomic mass is 19.4. The van der Waals surface area contributed by atoms with Crippen LogP contribution in [-0.4, -0.2) is 24.5 Å². The molecule has 34 heavy (non-hydrogen) atoms. The minimum Gasteiger partial charge on any atom is -0.494 e. The molecule has 0 fully saturated rings. The maximum absolute atomic E-state index is 12.9. The van der Waals surface area contributed by atoms with Gasteiger partial charge < -0.3 is 10.1 Å². The second-order valence-electron chi connectivity index (χ2n) is 8.70. The molecule has 1 spiro atoms. The molecule has 2 aromatic rings. The lowest BCUT2D eigenvalue weighted by Crippen LogP contribution is -2.48. The fourth-order valence-electron chi connectivity index (χ4n) is 4.71. The molecule has 2 aliphatic rings. The number of hydrogen-bond donors (Lipinski definition) is 1. The zero-order valence-electron chi connectivity index (χ0n) is 18.6. The summed E-state index contributed by atoms with van der Waals surface area (Å²) in [6.45, 7) is 1.44. The first-order chi connectivity index (χ1) is 16.1. The standard InChI is InChI=1S/C26H23F3N2O3/c1-16(32)17-3-5-18(6-4-17)21-14-25(31-24(33)22(21)15-30)11-9-19-13-20(7-8-23(19)25)34-12-2-10-26(27,28)29/h3-8,13H,2,9-12,14H2,1H3,(H,31,33). The zero-order valence-corrected chi connectivity index (χ0v) is 18.6. The highest BCUT2D eigenvalue weighted by Crippen LogP contribution is 2.47. The van der Waals surface area contributed by atoms with E-state index in [0.29, 0.717) is 41.7 Å². The molecule has 2 aromatic carbocycles. The number of nitrogens with zero attached hydrogens (tertiary/aromatic N) is 1. The van der Waals surface area contributed by atoms with E-state index >= 15 is 0 Å². The van der Waals surface area contributed by atoms with E-state index in [2.05, 4.69) is 5.32 Å². The topological polar surface area (TPSA) is 79.2 Å². The SMILES string of the molecule is CC(=O)c1ccc(C2=C(C#N)C(=O)NC3(CCc4cc(OCCCC(F)(F)F)ccc43)C2)cc1. The highest BCUT2D eigenvalue weighted by Gasteiger charge is 2.45. The summed E-state index contributed by atoms with van der Waals surface area (Å²) < 4.78 is 42.5. The van der Waals surface area contributed by atoms with Gasteiger partial charge in [0.05, 0.1) is 12.1 Å². The van der Waals surface area contributed by atoms with Gasteiger partial charge in [0.2, 0.25) is 0 Å². The fraction of sp³-hybridized carbons (Fsp3) is 0.346. The Morgan fingerprint density at radius 3 is 2.59 bits per heavy atom. The lowest BCUT2D eigenvalue weighted by Gasteiger charge is -2.37. The van der Waals surface area contributed by atoms with Crippen LogP contribution in [0.5, 0.6) is 5.75 Å². The van der Waals surface area contributed by atoms with Gasteiger partial charge in [-0.1, -0.05) is 30.3 Å². The van der Waals surface area contributed by atoms with Gasteiger partial charge in [-0.15, -0.1) is 0 Å². The van der Waals surface area contributed by atoms with E-state index in [1.54, 1.807) is 30.3 Å². The van der Waals surface area contributed by atoms with Gasteiger partial charge in [-0.3, -0.25) is 9.59 Å². The number of benzene rings is 2. The Bertz CT molecular complexity index is 1210. The molecule has 1 N–H and O–H groups in total. The van der Waals surface area contributed by atoms with E-state index in [9.17, 15) is 28.0 Å². The van der Waals surface area contributed by atoms with Crippen LogP contribution in [-0.2, 0) is 16.8 Å². The van der Waals surface area contributed by atoms with Crippen molar-refractivity contribution in [3.8, 4) is 11.8 Å². The van der Waals surface area contributed by atoms with Gasteiger partial charge in [-0.25, -0.2) is 0 Å². The number of ether oxygens (including phenoxy) is 1. The average Bonchev–Trinajstić information content (AvgIpc) is 3.12. The summed E-state index contributed by atoms with van der Waals surface area (Å²) in [6, 6.07) is 14.3. The second-order valence-corrected chi connectivity index (χ2v) is 8.70. The van der Waals surface area contributed by atoms with Gasteiger partial charge in [0, 0.05) is 18.4 Å². The van der Waals surface area contributed by atoms with Crippen molar-refractivity contribution in [3.05, 3.63) is 70.3 Å². The molecule has 1 atom stereocenters. The van der Waals surface area contributed by atoms with Crippen LogP contribution in [0.2, 0.25) is 0 Å². The Hall–Kier alpha value is -3.60. The smallest absolute Gasteiger partial charge is 0.389 e. The maximum Gasteiger partial charge on any atom is 0.389 e. The molecule has 0 saturated carbocycles. The zero-order chi connectivity index (χ0) is 24.5. The molecule has 0 aromatic heterocycles. The number of hydrogen-bond acceptors (Lipinski definition) is 4. The number of Topliss-reactive ketones (excluding diaryl/α,β-unsaturated/α-hetero) is 1. The summed E-state index contributed by atoms with van der Waals surface area (Å²) in [4.78, 5) is 24.5. The number of halogens is 3. The van der Waals surface area contributed by atoms with Gasteiger partial charge in [0.1, 0.15) is 17.4 Å². The van der Waals surface area contributed by atoms with Crippen molar-refractivity contribution < 1.29 is 27.5 Å². The lowest BCUT2D eigenvalue weighted by molar-refractivity contribution is -0.136. The first kappa shape index (κ1) is 23.6. The first-order valence-corrected chi connectivity index (χ1v) is 11.0. The van der Waals surface area contributed by atoms with Crippen molar-refractivity contribution in [1.82, 2.24) is 5.32 Å². The Balaban J connectivity index is 1.58. The monoisotopic (exact) mass is 468 g/mol. The molecule has 1 amide bonds. The number of ketones is 1. The van der Waals surface area contributed by atoms with Gasteiger partial charge in [-0.2, -0.15) is 18.4 Å². The number of amides is 1. The van der Waals surface area contributed by atoms with E-state index in [-0.39, 0.29) is 24.4 Å². The van der Waals surface area contributed by atoms with Gasteiger partial charge >= 0.3 is 6.18 Å². The molecular formula is C26H23F3N2O3. The molecule has 5 nitrogen and oxygen atoms in total. The predicted molar refractivity (Wildman–Crippen MR) is 119 cm³/mol. The van der Waals surface area contributed by atoms with Gasteiger partial charge in [0.25, 0.3) is 5.91 Å². The second kappa shape index (κ2) is 8.98. The predicted octanol–water partition coefficient (Wildman–Crippen LogP) is 5.25. The Kier molecular flexibility index (Phi) is 6.22. The van der Waals surface area contributed by atoms with Crippen molar-refractivity contribution in [2.24, 2.45) is 0 Å². The fourth-order valence-corrected chi connectivity index (χ4v) is 4.71. The normalized spacial score (nSPS) is 19.6. The van der Waals surface area contributed by atoms with E-state index in [1.165, 1.54) is 6.92 Å². The molecule has 0 radical (unpaired) electrons. The third kappa shape index (κ3) is 4.69. The quantitative estimate of drug-likeness (QED) is 0.464. The van der Waals surface area contributed by atoms with Crippen molar-refractivity contribution in [1.29, 1.82) is 5.26 Å². The van der Waals surface area contributed by atoms with E-state index in [0.717, 1.165) is 11.1 Å². The van der Waals surface area contributed by atoms with Crippen LogP contribution in [0.3, 0.4) is 0 Å². The van der Waals surface area contributed by atoms with Crippen LogP contribution >= 0.6 is 0 Å². The van der Waals surface area contributed by atoms with E-state index in [4.69, 9.17) is 4.74 Å². The van der Waals surface area contributed by atoms with E-state index < -0.39 is 24.0 Å². The van der Waals surface area contributed by atoms with Crippen LogP contribution in [0.4, 0.5) is 13.2 Å². The summed E-state index contributed by atoms with van der Waals surface area (Å²) in [5, 5.41) is 12.7. The number of rotatable bonds is 6. The minimum atomic E-state index is -4.20. The Labute approximate surface area is 195 Å². The first-order valence-electron chi connectivity index (χ1n) is 11.0. The maximum atomic E-state index is 12.9. The number of carbonyl (C=O) groups is 2. The molecular weight excluding hydrogens is 445 g/mol. The summed E-state index contributed by atoms with van der Waals surface area (Å²) in [5.74, 6) is -0.0202. The molecule has 1 unspecified atom stereocenters.